The van der Waals surface area contributed by atoms with E-state index in [-0.39, 0.29) is 11.9 Å². The number of carboxylic acids is 1. The zero-order chi connectivity index (χ0) is 15.1. The molecule has 1 amide bonds. The highest BCUT2D eigenvalue weighted by Gasteiger charge is 2.27. The van der Waals surface area contributed by atoms with Gasteiger partial charge in [0.15, 0.2) is 0 Å². The molecule has 0 radical (unpaired) electrons. The summed E-state index contributed by atoms with van der Waals surface area (Å²) in [6.45, 7) is 5.81. The minimum atomic E-state index is -0.794. The Morgan fingerprint density at radius 1 is 1.20 bits per heavy atom. The number of aliphatic carboxylic acids is 1. The predicted octanol–water partition coefficient (Wildman–Crippen LogP) is 3.01. The molecule has 1 N–H and O–H groups in total. The first-order valence-corrected chi connectivity index (χ1v) is 8.70. The number of carboxylic acid groups (broad SMARTS) is 1. The van der Waals surface area contributed by atoms with E-state index in [9.17, 15) is 9.59 Å². The molecular weight excluding hydrogens is 274 g/mol. The smallest absolute Gasteiger partial charge is 0.307 e. The van der Waals surface area contributed by atoms with Crippen molar-refractivity contribution in [2.45, 2.75) is 65.0 Å². The molecule has 0 saturated heterocycles. The first kappa shape index (κ1) is 17.3. The van der Waals surface area contributed by atoms with E-state index in [2.05, 4.69) is 13.8 Å². The highest BCUT2D eigenvalue weighted by molar-refractivity contribution is 7.99. The molecule has 0 aromatic carbocycles. The Kier molecular flexibility index (Phi) is 7.41. The molecule has 0 aromatic rings. The lowest BCUT2D eigenvalue weighted by molar-refractivity contribution is -0.140. The maximum absolute atomic E-state index is 12.4. The van der Waals surface area contributed by atoms with Gasteiger partial charge in [0, 0.05) is 17.8 Å². The number of hydrogen-bond donors (Lipinski definition) is 1. The third-order valence-electron chi connectivity index (χ3n) is 3.83. The summed E-state index contributed by atoms with van der Waals surface area (Å²) in [7, 11) is 0. The van der Waals surface area contributed by atoms with E-state index in [1.54, 1.807) is 6.92 Å². The summed E-state index contributed by atoms with van der Waals surface area (Å²) in [5.74, 6) is -0.133. The van der Waals surface area contributed by atoms with Gasteiger partial charge in [-0.2, -0.15) is 11.8 Å². The van der Waals surface area contributed by atoms with Crippen LogP contribution in [0.2, 0.25) is 0 Å². The SMILES string of the molecule is CC(CSCC(=O)N(C(C)C)C1CCCCC1)C(=O)O. The van der Waals surface area contributed by atoms with Gasteiger partial charge in [0.1, 0.15) is 0 Å². The highest BCUT2D eigenvalue weighted by atomic mass is 32.2. The van der Waals surface area contributed by atoms with Crippen LogP contribution in [0, 0.1) is 5.92 Å². The summed E-state index contributed by atoms with van der Waals surface area (Å²) in [4.78, 5) is 25.2. The second-order valence-corrected chi connectivity index (χ2v) is 6.97. The fourth-order valence-electron chi connectivity index (χ4n) is 2.74. The first-order chi connectivity index (χ1) is 9.43. The van der Waals surface area contributed by atoms with Crippen molar-refractivity contribution in [2.75, 3.05) is 11.5 Å². The molecule has 1 rings (SSSR count). The molecular formula is C15H27NO3S. The molecule has 4 nitrogen and oxygen atoms in total. The lowest BCUT2D eigenvalue weighted by atomic mass is 9.93. The number of nitrogens with zero attached hydrogens (tertiary/aromatic N) is 1. The Morgan fingerprint density at radius 2 is 1.80 bits per heavy atom. The Bertz CT molecular complexity index is 327. The quantitative estimate of drug-likeness (QED) is 0.785. The molecule has 1 unspecified atom stereocenters. The molecule has 1 fully saturated rings. The van der Waals surface area contributed by atoms with Crippen LogP contribution in [0.5, 0.6) is 0 Å². The standard InChI is InChI=1S/C15H27NO3S/c1-11(2)16(13-7-5-4-6-8-13)14(17)10-20-9-12(3)15(18)19/h11-13H,4-10H2,1-3H3,(H,18,19). The molecule has 1 aliphatic carbocycles. The van der Waals surface area contributed by atoms with Gasteiger partial charge in [0.2, 0.25) is 5.91 Å². The highest BCUT2D eigenvalue weighted by Crippen LogP contribution is 2.25. The predicted molar refractivity (Wildman–Crippen MR) is 83.0 cm³/mol. The molecule has 0 spiro atoms. The monoisotopic (exact) mass is 301 g/mol. The molecule has 1 atom stereocenters. The Balaban J connectivity index is 2.46. The molecule has 20 heavy (non-hydrogen) atoms. The Hall–Kier alpha value is -0.710. The van der Waals surface area contributed by atoms with E-state index in [0.717, 1.165) is 12.8 Å². The number of carbonyl (C=O) groups excluding carboxylic acids is 1. The molecule has 1 aliphatic rings. The molecule has 5 heteroatoms. The third-order valence-corrected chi connectivity index (χ3v) is 5.01. The maximum Gasteiger partial charge on any atom is 0.307 e. The van der Waals surface area contributed by atoms with Gasteiger partial charge >= 0.3 is 5.97 Å². The van der Waals surface area contributed by atoms with Crippen molar-refractivity contribution in [3.05, 3.63) is 0 Å². The van der Waals surface area contributed by atoms with Crippen molar-refractivity contribution in [3.63, 3.8) is 0 Å². The van der Waals surface area contributed by atoms with E-state index in [1.807, 2.05) is 4.90 Å². The zero-order valence-corrected chi connectivity index (χ0v) is 13.6. The van der Waals surface area contributed by atoms with Crippen LogP contribution in [0.4, 0.5) is 0 Å². The average Bonchev–Trinajstić information content (AvgIpc) is 2.39. The van der Waals surface area contributed by atoms with Crippen molar-refractivity contribution >= 4 is 23.6 Å². The van der Waals surface area contributed by atoms with E-state index < -0.39 is 11.9 Å². The molecule has 1 saturated carbocycles. The number of carbonyl (C=O) groups is 2. The summed E-state index contributed by atoms with van der Waals surface area (Å²) >= 11 is 1.44. The third kappa shape index (κ3) is 5.35. The number of thioether (sulfide) groups is 1. The van der Waals surface area contributed by atoms with Crippen molar-refractivity contribution in [3.8, 4) is 0 Å². The first-order valence-electron chi connectivity index (χ1n) is 7.55. The fraction of sp³-hybridized carbons (Fsp3) is 0.867. The van der Waals surface area contributed by atoms with E-state index in [1.165, 1.54) is 31.0 Å². The largest absolute Gasteiger partial charge is 0.481 e. The summed E-state index contributed by atoms with van der Waals surface area (Å²) < 4.78 is 0. The van der Waals surface area contributed by atoms with Gasteiger partial charge in [-0.25, -0.2) is 0 Å². The molecule has 0 aliphatic heterocycles. The lowest BCUT2D eigenvalue weighted by Crippen LogP contribution is -2.46. The van der Waals surface area contributed by atoms with Crippen LogP contribution in [0.15, 0.2) is 0 Å². The summed E-state index contributed by atoms with van der Waals surface area (Å²) in [5, 5.41) is 8.84. The second-order valence-electron chi connectivity index (χ2n) is 5.94. The molecule has 0 aromatic heterocycles. The van der Waals surface area contributed by atoms with Crippen LogP contribution in [-0.4, -0.2) is 45.5 Å². The van der Waals surface area contributed by atoms with Crippen LogP contribution in [0.25, 0.3) is 0 Å². The molecule has 0 heterocycles. The van der Waals surface area contributed by atoms with Crippen LogP contribution in [0.3, 0.4) is 0 Å². The second kappa shape index (κ2) is 8.55. The molecule has 116 valence electrons. The summed E-state index contributed by atoms with van der Waals surface area (Å²) in [5.41, 5.74) is 0. The zero-order valence-electron chi connectivity index (χ0n) is 12.8. The minimum absolute atomic E-state index is 0.162. The van der Waals surface area contributed by atoms with Crippen molar-refractivity contribution in [1.82, 2.24) is 4.90 Å². The van der Waals surface area contributed by atoms with Crippen molar-refractivity contribution in [2.24, 2.45) is 5.92 Å². The van der Waals surface area contributed by atoms with Crippen LogP contribution < -0.4 is 0 Å². The lowest BCUT2D eigenvalue weighted by Gasteiger charge is -2.37. The van der Waals surface area contributed by atoms with Gasteiger partial charge < -0.3 is 10.0 Å². The van der Waals surface area contributed by atoms with Gasteiger partial charge in [0.25, 0.3) is 0 Å². The van der Waals surface area contributed by atoms with Gasteiger partial charge in [-0.3, -0.25) is 9.59 Å². The van der Waals surface area contributed by atoms with Crippen LogP contribution in [-0.2, 0) is 9.59 Å². The Labute approximate surface area is 126 Å². The minimum Gasteiger partial charge on any atom is -0.481 e. The number of amides is 1. The van der Waals surface area contributed by atoms with E-state index in [4.69, 9.17) is 5.11 Å². The summed E-state index contributed by atoms with van der Waals surface area (Å²) in [6, 6.07) is 0.608. The van der Waals surface area contributed by atoms with Gasteiger partial charge in [-0.1, -0.05) is 26.2 Å². The average molecular weight is 301 g/mol. The molecule has 0 bridgehead atoms. The Morgan fingerprint density at radius 3 is 2.30 bits per heavy atom. The van der Waals surface area contributed by atoms with Gasteiger partial charge in [-0.05, 0) is 26.7 Å². The van der Waals surface area contributed by atoms with E-state index >= 15 is 0 Å². The van der Waals surface area contributed by atoms with Crippen LogP contribution >= 0.6 is 11.8 Å². The van der Waals surface area contributed by atoms with Crippen molar-refractivity contribution < 1.29 is 14.7 Å². The van der Waals surface area contributed by atoms with Crippen LogP contribution in [0.1, 0.15) is 52.9 Å². The van der Waals surface area contributed by atoms with Gasteiger partial charge in [-0.15, -0.1) is 0 Å². The number of rotatable bonds is 7. The normalized spacial score (nSPS) is 18.0. The van der Waals surface area contributed by atoms with Gasteiger partial charge in [0.05, 0.1) is 11.7 Å². The van der Waals surface area contributed by atoms with Crippen molar-refractivity contribution in [1.29, 1.82) is 0 Å². The maximum atomic E-state index is 12.4. The van der Waals surface area contributed by atoms with E-state index in [0.29, 0.717) is 17.5 Å². The number of hydrogen-bond acceptors (Lipinski definition) is 3. The summed E-state index contributed by atoms with van der Waals surface area (Å²) in [6.07, 6.45) is 5.93. The fourth-order valence-corrected chi connectivity index (χ4v) is 3.68. The topological polar surface area (TPSA) is 57.6 Å².